The van der Waals surface area contributed by atoms with E-state index in [1.165, 1.54) is 12.7 Å². The summed E-state index contributed by atoms with van der Waals surface area (Å²) in [5.41, 5.74) is 6.75. The molecule has 2 fully saturated rings. The van der Waals surface area contributed by atoms with Crippen LogP contribution in [0.3, 0.4) is 0 Å². The van der Waals surface area contributed by atoms with E-state index in [1.807, 2.05) is 0 Å². The minimum atomic E-state index is -0.815. The second-order valence-electron chi connectivity index (χ2n) is 4.62. The van der Waals surface area contributed by atoms with Crippen molar-refractivity contribution in [2.24, 2.45) is 0 Å². The third-order valence-electron chi connectivity index (χ3n) is 3.46. The SMILES string of the molecule is Nc1ncnc2c1ncn2C1OC2COPOC2C1O. The minimum absolute atomic E-state index is 0.0756. The molecule has 20 heavy (non-hydrogen) atoms. The van der Waals surface area contributed by atoms with Gasteiger partial charge in [-0.2, -0.15) is 0 Å². The van der Waals surface area contributed by atoms with Crippen LogP contribution in [0.1, 0.15) is 6.23 Å². The first-order valence-electron chi connectivity index (χ1n) is 6.04. The molecule has 4 heterocycles. The van der Waals surface area contributed by atoms with E-state index in [0.717, 1.165) is 0 Å². The number of ether oxygens (including phenoxy) is 1. The second kappa shape index (κ2) is 4.57. The van der Waals surface area contributed by atoms with Gasteiger partial charge in [-0.1, -0.05) is 0 Å². The zero-order valence-electron chi connectivity index (χ0n) is 10.2. The molecule has 106 valence electrons. The maximum absolute atomic E-state index is 10.4. The molecule has 2 aliphatic rings. The maximum atomic E-state index is 10.4. The van der Waals surface area contributed by atoms with Crippen molar-refractivity contribution in [1.29, 1.82) is 0 Å². The number of nitrogens with zero attached hydrogens (tertiary/aromatic N) is 4. The van der Waals surface area contributed by atoms with Crippen LogP contribution in [0.5, 0.6) is 0 Å². The molecular weight excluding hydrogens is 285 g/mol. The summed E-state index contributed by atoms with van der Waals surface area (Å²) in [5, 5.41) is 10.4. The number of nitrogen functional groups attached to an aromatic ring is 1. The molecule has 0 radical (unpaired) electrons. The van der Waals surface area contributed by atoms with E-state index in [1.54, 1.807) is 4.57 Å². The Morgan fingerprint density at radius 2 is 2.30 bits per heavy atom. The Morgan fingerprint density at radius 3 is 3.15 bits per heavy atom. The van der Waals surface area contributed by atoms with E-state index in [0.29, 0.717) is 23.6 Å². The second-order valence-corrected chi connectivity index (χ2v) is 5.31. The number of aliphatic hydroxyl groups is 1. The highest BCUT2D eigenvalue weighted by Crippen LogP contribution is 2.40. The lowest BCUT2D eigenvalue weighted by Crippen LogP contribution is -2.36. The van der Waals surface area contributed by atoms with Crippen molar-refractivity contribution in [3.63, 3.8) is 0 Å². The molecule has 0 bridgehead atoms. The van der Waals surface area contributed by atoms with Crippen molar-refractivity contribution >= 4 is 26.0 Å². The van der Waals surface area contributed by atoms with E-state index < -0.39 is 18.4 Å². The predicted octanol–water partition coefficient (Wildman–Crippen LogP) is -0.409. The van der Waals surface area contributed by atoms with Gasteiger partial charge in [0.15, 0.2) is 26.7 Å². The van der Waals surface area contributed by atoms with Crippen LogP contribution >= 0.6 is 9.03 Å². The number of anilines is 1. The molecule has 2 aromatic rings. The molecule has 5 unspecified atom stereocenters. The summed E-state index contributed by atoms with van der Waals surface area (Å²) in [7, 11) is -0.0756. The highest BCUT2D eigenvalue weighted by molar-refractivity contribution is 7.26. The van der Waals surface area contributed by atoms with Crippen LogP contribution in [0.25, 0.3) is 11.2 Å². The summed E-state index contributed by atoms with van der Waals surface area (Å²) in [6.45, 7) is 0.403. The zero-order chi connectivity index (χ0) is 13.7. The van der Waals surface area contributed by atoms with Crippen LogP contribution in [-0.2, 0) is 13.8 Å². The quantitative estimate of drug-likeness (QED) is 0.682. The molecule has 0 aromatic carbocycles. The summed E-state index contributed by atoms with van der Waals surface area (Å²) >= 11 is 0. The van der Waals surface area contributed by atoms with E-state index in [-0.39, 0.29) is 15.1 Å². The number of aromatic nitrogens is 4. The molecule has 0 aliphatic carbocycles. The Bertz CT molecular complexity index is 652. The number of rotatable bonds is 1. The monoisotopic (exact) mass is 297 g/mol. The number of hydrogen-bond donors (Lipinski definition) is 2. The van der Waals surface area contributed by atoms with Crippen molar-refractivity contribution < 1.29 is 18.9 Å². The molecule has 2 saturated heterocycles. The Balaban J connectivity index is 1.74. The molecule has 2 aromatic heterocycles. The van der Waals surface area contributed by atoms with Crippen molar-refractivity contribution in [3.05, 3.63) is 12.7 Å². The first-order valence-corrected chi connectivity index (χ1v) is 6.86. The fraction of sp³-hybridized carbons (Fsp3) is 0.500. The summed E-state index contributed by atoms with van der Waals surface area (Å²) in [6.07, 6.45) is 0.743. The fourth-order valence-corrected chi connectivity index (χ4v) is 3.19. The summed E-state index contributed by atoms with van der Waals surface area (Å²) < 4.78 is 18.1. The van der Waals surface area contributed by atoms with Gasteiger partial charge in [0.05, 0.1) is 12.9 Å². The van der Waals surface area contributed by atoms with Gasteiger partial charge in [0.2, 0.25) is 0 Å². The molecule has 3 N–H and O–H groups in total. The zero-order valence-corrected chi connectivity index (χ0v) is 11.2. The van der Waals surface area contributed by atoms with Gasteiger partial charge in [-0.05, 0) is 0 Å². The van der Waals surface area contributed by atoms with Crippen LogP contribution in [0.2, 0.25) is 0 Å². The predicted molar refractivity (Wildman–Crippen MR) is 68.8 cm³/mol. The first kappa shape index (κ1) is 12.4. The van der Waals surface area contributed by atoms with Gasteiger partial charge >= 0.3 is 0 Å². The van der Waals surface area contributed by atoms with Gasteiger partial charge < -0.3 is 24.6 Å². The Hall–Kier alpha value is -1.38. The number of nitrogens with two attached hydrogens (primary N) is 1. The molecule has 5 atom stereocenters. The third kappa shape index (κ3) is 1.72. The lowest BCUT2D eigenvalue weighted by atomic mass is 10.1. The van der Waals surface area contributed by atoms with Crippen molar-refractivity contribution in [2.45, 2.75) is 24.5 Å². The largest absolute Gasteiger partial charge is 0.386 e. The molecular formula is C10H12N5O4P. The summed E-state index contributed by atoms with van der Waals surface area (Å²) in [5.74, 6) is 0.291. The van der Waals surface area contributed by atoms with Crippen LogP contribution in [0.4, 0.5) is 5.82 Å². The number of imidazole rings is 1. The number of hydrogen-bond acceptors (Lipinski definition) is 8. The van der Waals surface area contributed by atoms with Gasteiger partial charge in [0, 0.05) is 0 Å². The van der Waals surface area contributed by atoms with Gasteiger partial charge in [0.1, 0.15) is 30.2 Å². The number of aliphatic hydroxyl groups excluding tert-OH is 1. The van der Waals surface area contributed by atoms with Gasteiger partial charge in [-0.3, -0.25) is 4.57 Å². The van der Waals surface area contributed by atoms with Gasteiger partial charge in [-0.15, -0.1) is 0 Å². The fourth-order valence-electron chi connectivity index (χ4n) is 2.49. The van der Waals surface area contributed by atoms with Gasteiger partial charge in [0.25, 0.3) is 0 Å². The maximum Gasteiger partial charge on any atom is 0.167 e. The smallest absolute Gasteiger partial charge is 0.167 e. The molecule has 4 rings (SSSR count). The van der Waals surface area contributed by atoms with Crippen molar-refractivity contribution in [2.75, 3.05) is 12.3 Å². The summed E-state index contributed by atoms with van der Waals surface area (Å²) in [6, 6.07) is 0. The first-order chi connectivity index (χ1) is 9.75. The van der Waals surface area contributed by atoms with Crippen molar-refractivity contribution in [1.82, 2.24) is 19.5 Å². The Morgan fingerprint density at radius 1 is 1.40 bits per heavy atom. The standard InChI is InChI=1S/C10H12N5O4P/c11-8-5-9(13-2-12-8)15(3-14-5)10-6(16)7-4(18-10)1-17-20-19-7/h2-4,6-7,10,16,20H,1H2,(H2,11,12,13). The van der Waals surface area contributed by atoms with Crippen LogP contribution in [0.15, 0.2) is 12.7 Å². The van der Waals surface area contributed by atoms with E-state index in [4.69, 9.17) is 19.5 Å². The molecule has 10 heteroatoms. The molecule has 2 aliphatic heterocycles. The normalized spacial score (nSPS) is 34.6. The molecule has 0 amide bonds. The summed E-state index contributed by atoms with van der Waals surface area (Å²) in [4.78, 5) is 12.2. The van der Waals surface area contributed by atoms with E-state index in [9.17, 15) is 5.11 Å². The molecule has 9 nitrogen and oxygen atoms in total. The minimum Gasteiger partial charge on any atom is -0.386 e. The van der Waals surface area contributed by atoms with E-state index >= 15 is 0 Å². The van der Waals surface area contributed by atoms with E-state index in [2.05, 4.69) is 15.0 Å². The van der Waals surface area contributed by atoms with Crippen LogP contribution < -0.4 is 5.73 Å². The average Bonchev–Trinajstić information content (AvgIpc) is 3.02. The van der Waals surface area contributed by atoms with Crippen LogP contribution in [0, 0.1) is 0 Å². The Labute approximate surface area is 115 Å². The highest BCUT2D eigenvalue weighted by atomic mass is 31.1. The number of fused-ring (bicyclic) bond motifs is 2. The highest BCUT2D eigenvalue weighted by Gasteiger charge is 2.47. The molecule has 0 saturated carbocycles. The lowest BCUT2D eigenvalue weighted by molar-refractivity contribution is -0.0520. The lowest BCUT2D eigenvalue weighted by Gasteiger charge is -2.24. The topological polar surface area (TPSA) is 118 Å². The third-order valence-corrected chi connectivity index (χ3v) is 4.11. The Kier molecular flexibility index (Phi) is 2.83. The molecule has 0 spiro atoms. The average molecular weight is 297 g/mol. The van der Waals surface area contributed by atoms with Gasteiger partial charge in [-0.25, -0.2) is 15.0 Å². The van der Waals surface area contributed by atoms with Crippen LogP contribution in [-0.4, -0.2) is 49.5 Å². The van der Waals surface area contributed by atoms with Crippen molar-refractivity contribution in [3.8, 4) is 0 Å².